The van der Waals surface area contributed by atoms with E-state index in [9.17, 15) is 4.79 Å². The number of nitrogens with one attached hydrogen (secondary N) is 1. The molecule has 2 rings (SSSR count). The van der Waals surface area contributed by atoms with Crippen molar-refractivity contribution in [1.29, 1.82) is 0 Å². The van der Waals surface area contributed by atoms with Gasteiger partial charge >= 0.3 is 0 Å². The average molecular weight is 249 g/mol. The summed E-state index contributed by atoms with van der Waals surface area (Å²) in [6.07, 6.45) is 5.85. The largest absolute Gasteiger partial charge is 0.368 e. The van der Waals surface area contributed by atoms with Gasteiger partial charge in [0.15, 0.2) is 0 Å². The number of hydrogen-bond donors (Lipinski definition) is 2. The third kappa shape index (κ3) is 3.61. The molecule has 1 saturated carbocycles. The minimum Gasteiger partial charge on any atom is -0.368 e. The molecule has 2 fully saturated rings. The van der Waals surface area contributed by atoms with Crippen LogP contribution in [0.3, 0.4) is 0 Å². The van der Waals surface area contributed by atoms with Crippen molar-refractivity contribution in [2.24, 2.45) is 5.73 Å². The van der Waals surface area contributed by atoms with Gasteiger partial charge in [-0.05, 0) is 38.5 Å². The maximum atomic E-state index is 11.7. The van der Waals surface area contributed by atoms with E-state index in [1.165, 1.54) is 0 Å². The highest BCUT2D eigenvalue weighted by atomic mass is 35.5. The smallest absolute Gasteiger partial charge is 0.249 e. The van der Waals surface area contributed by atoms with Crippen LogP contribution in [-0.4, -0.2) is 30.7 Å². The van der Waals surface area contributed by atoms with Crippen LogP contribution in [0.2, 0.25) is 0 Å². The summed E-state index contributed by atoms with van der Waals surface area (Å²) < 4.78 is 5.34. The number of hydrogen-bond acceptors (Lipinski definition) is 3. The predicted molar refractivity (Wildman–Crippen MR) is 64.6 cm³/mol. The second kappa shape index (κ2) is 6.42. The monoisotopic (exact) mass is 248 g/mol. The van der Waals surface area contributed by atoms with Gasteiger partial charge in [0.25, 0.3) is 0 Å². The lowest BCUT2D eigenvalue weighted by atomic mass is 9.91. The molecule has 16 heavy (non-hydrogen) atoms. The lowest BCUT2D eigenvalue weighted by molar-refractivity contribution is -0.131. The molecule has 3 N–H and O–H groups in total. The molecule has 0 spiro atoms. The Morgan fingerprint density at radius 3 is 2.69 bits per heavy atom. The molecule has 0 aromatic rings. The van der Waals surface area contributed by atoms with Gasteiger partial charge in [0, 0.05) is 18.7 Å². The lowest BCUT2D eigenvalue weighted by Gasteiger charge is -2.28. The Morgan fingerprint density at radius 2 is 2.06 bits per heavy atom. The second-order valence-electron chi connectivity index (χ2n) is 4.63. The van der Waals surface area contributed by atoms with E-state index < -0.39 is 0 Å². The zero-order valence-electron chi connectivity index (χ0n) is 9.48. The van der Waals surface area contributed by atoms with Crippen molar-refractivity contribution in [2.45, 2.75) is 56.7 Å². The molecule has 5 heteroatoms. The van der Waals surface area contributed by atoms with Crippen molar-refractivity contribution in [2.75, 3.05) is 6.61 Å². The molecule has 0 aromatic carbocycles. The Balaban J connectivity index is 0.00000128. The van der Waals surface area contributed by atoms with Crippen molar-refractivity contribution < 1.29 is 9.53 Å². The summed E-state index contributed by atoms with van der Waals surface area (Å²) in [6.45, 7) is 0.724. The van der Waals surface area contributed by atoms with Crippen LogP contribution in [0.25, 0.3) is 0 Å². The molecule has 1 aliphatic heterocycles. The normalized spacial score (nSPS) is 34.2. The van der Waals surface area contributed by atoms with E-state index >= 15 is 0 Å². The summed E-state index contributed by atoms with van der Waals surface area (Å²) in [6, 6.07) is 0.527. The van der Waals surface area contributed by atoms with Gasteiger partial charge < -0.3 is 15.8 Å². The molecule has 0 bridgehead atoms. The molecule has 2 aliphatic rings. The second-order valence-corrected chi connectivity index (χ2v) is 4.63. The van der Waals surface area contributed by atoms with E-state index in [1.807, 2.05) is 0 Å². The molecular formula is C11H21ClN2O2. The van der Waals surface area contributed by atoms with Gasteiger partial charge in [0.2, 0.25) is 5.91 Å². The van der Waals surface area contributed by atoms with Crippen LogP contribution in [-0.2, 0) is 9.53 Å². The van der Waals surface area contributed by atoms with Crippen LogP contribution < -0.4 is 11.1 Å². The van der Waals surface area contributed by atoms with Gasteiger partial charge in [0.1, 0.15) is 6.10 Å². The fourth-order valence-electron chi connectivity index (χ4n) is 2.44. The Bertz CT molecular complexity index is 232. The number of nitrogens with two attached hydrogens (primary N) is 1. The summed E-state index contributed by atoms with van der Waals surface area (Å²) >= 11 is 0. The number of rotatable bonds is 2. The standard InChI is InChI=1S/C11H20N2O2.ClH/c12-8-3-1-4-9(7-8)13-11(14)10-5-2-6-15-10;/h8-10H,1-7,12H2,(H,13,14);1H. The number of halogens is 1. The minimum absolute atomic E-state index is 0. The van der Waals surface area contributed by atoms with Gasteiger partial charge in [0.05, 0.1) is 0 Å². The molecule has 94 valence electrons. The van der Waals surface area contributed by atoms with E-state index in [-0.39, 0.29) is 36.5 Å². The van der Waals surface area contributed by atoms with Crippen molar-refractivity contribution in [1.82, 2.24) is 5.32 Å². The molecule has 4 nitrogen and oxygen atoms in total. The highest BCUT2D eigenvalue weighted by molar-refractivity contribution is 5.85. The molecule has 1 heterocycles. The van der Waals surface area contributed by atoms with E-state index in [4.69, 9.17) is 10.5 Å². The van der Waals surface area contributed by atoms with Gasteiger partial charge in [-0.1, -0.05) is 0 Å². The molecule has 1 aliphatic carbocycles. The van der Waals surface area contributed by atoms with Crippen LogP contribution in [0.15, 0.2) is 0 Å². The van der Waals surface area contributed by atoms with E-state index in [0.29, 0.717) is 0 Å². The van der Waals surface area contributed by atoms with Gasteiger partial charge in [-0.25, -0.2) is 0 Å². The van der Waals surface area contributed by atoms with E-state index in [0.717, 1.165) is 45.1 Å². The minimum atomic E-state index is -0.205. The summed E-state index contributed by atoms with van der Waals surface area (Å²) in [7, 11) is 0. The highest BCUT2D eigenvalue weighted by Gasteiger charge is 2.27. The zero-order chi connectivity index (χ0) is 10.7. The van der Waals surface area contributed by atoms with Crippen LogP contribution >= 0.6 is 12.4 Å². The highest BCUT2D eigenvalue weighted by Crippen LogP contribution is 2.18. The van der Waals surface area contributed by atoms with E-state index in [2.05, 4.69) is 5.32 Å². The Kier molecular flexibility index (Phi) is 5.52. The fraction of sp³-hybridized carbons (Fsp3) is 0.909. The van der Waals surface area contributed by atoms with E-state index in [1.54, 1.807) is 0 Å². The predicted octanol–water partition coefficient (Wildman–Crippen LogP) is 0.973. The molecule has 3 atom stereocenters. The number of ether oxygens (including phenoxy) is 1. The molecule has 1 saturated heterocycles. The first-order valence-corrected chi connectivity index (χ1v) is 5.93. The average Bonchev–Trinajstić information content (AvgIpc) is 2.70. The zero-order valence-corrected chi connectivity index (χ0v) is 10.3. The van der Waals surface area contributed by atoms with Crippen molar-refractivity contribution in [3.8, 4) is 0 Å². The first kappa shape index (κ1) is 13.7. The Morgan fingerprint density at radius 1 is 1.25 bits per heavy atom. The molecule has 3 unspecified atom stereocenters. The summed E-state index contributed by atoms with van der Waals surface area (Å²) in [5, 5.41) is 3.05. The van der Waals surface area contributed by atoms with Crippen molar-refractivity contribution in [3.05, 3.63) is 0 Å². The molecule has 0 aromatic heterocycles. The van der Waals surface area contributed by atoms with Crippen LogP contribution in [0, 0.1) is 0 Å². The van der Waals surface area contributed by atoms with Crippen molar-refractivity contribution >= 4 is 18.3 Å². The summed E-state index contributed by atoms with van der Waals surface area (Å²) in [4.78, 5) is 11.7. The first-order valence-electron chi connectivity index (χ1n) is 5.93. The first-order chi connectivity index (χ1) is 7.25. The number of carbonyl (C=O) groups excluding carboxylic acids is 1. The quantitative estimate of drug-likeness (QED) is 0.766. The maximum absolute atomic E-state index is 11.7. The van der Waals surface area contributed by atoms with Crippen LogP contribution in [0.5, 0.6) is 0 Å². The number of amides is 1. The van der Waals surface area contributed by atoms with Gasteiger partial charge in [-0.3, -0.25) is 4.79 Å². The number of carbonyl (C=O) groups is 1. The molecular weight excluding hydrogens is 228 g/mol. The van der Waals surface area contributed by atoms with Gasteiger partial charge in [-0.15, -0.1) is 12.4 Å². The summed E-state index contributed by atoms with van der Waals surface area (Å²) in [5.74, 6) is 0.0617. The molecule has 0 radical (unpaired) electrons. The SMILES string of the molecule is Cl.NC1CCCC(NC(=O)C2CCCO2)C1. The third-order valence-corrected chi connectivity index (χ3v) is 3.28. The Labute approximate surface area is 103 Å². The molecule has 1 amide bonds. The third-order valence-electron chi connectivity index (χ3n) is 3.28. The fourth-order valence-corrected chi connectivity index (χ4v) is 2.44. The lowest BCUT2D eigenvalue weighted by Crippen LogP contribution is -2.45. The van der Waals surface area contributed by atoms with Crippen LogP contribution in [0.1, 0.15) is 38.5 Å². The van der Waals surface area contributed by atoms with Gasteiger partial charge in [-0.2, -0.15) is 0 Å². The Hall–Kier alpha value is -0.320. The topological polar surface area (TPSA) is 64.3 Å². The summed E-state index contributed by atoms with van der Waals surface area (Å²) in [5.41, 5.74) is 5.87. The van der Waals surface area contributed by atoms with Crippen LogP contribution in [0.4, 0.5) is 0 Å². The maximum Gasteiger partial charge on any atom is 0.249 e. The van der Waals surface area contributed by atoms with Crippen molar-refractivity contribution in [3.63, 3.8) is 0 Å².